The topological polar surface area (TPSA) is 28.0 Å². The van der Waals surface area contributed by atoms with Gasteiger partial charge in [0.05, 0.1) is 18.8 Å². The van der Waals surface area contributed by atoms with Gasteiger partial charge in [0.15, 0.2) is 0 Å². The van der Waals surface area contributed by atoms with Crippen LogP contribution in [0.2, 0.25) is 0 Å². The van der Waals surface area contributed by atoms with Crippen LogP contribution in [-0.2, 0) is 17.8 Å². The van der Waals surface area contributed by atoms with Crippen molar-refractivity contribution in [1.82, 2.24) is 4.90 Å². The van der Waals surface area contributed by atoms with Gasteiger partial charge in [0.2, 0.25) is 5.91 Å². The van der Waals surface area contributed by atoms with Crippen LogP contribution in [0.3, 0.4) is 0 Å². The Labute approximate surface area is 179 Å². The summed E-state index contributed by atoms with van der Waals surface area (Å²) in [7, 11) is 0. The molecule has 2 fully saturated rings. The maximum absolute atomic E-state index is 14.0. The highest BCUT2D eigenvalue weighted by Crippen LogP contribution is 2.22. The molecule has 0 spiro atoms. The highest BCUT2D eigenvalue weighted by atomic mass is 19.1. The Balaban J connectivity index is 1.24. The fourth-order valence-electron chi connectivity index (χ4n) is 4.77. The largest absolute Gasteiger partial charge is 0.366 e. The number of piperidine rings is 1. The standard InChI is InChI=1S/C25H32FN3O/c1-2-20-7-9-21(10-8-20)19-27-13-11-22(12-14-27)25(30)29-17-15-28(16-18-29)24-6-4-3-5-23(24)26/h3-10,22H,2,11-19H2,1H3/p+1. The average Bonchev–Trinajstić information content (AvgIpc) is 2.80. The second-order valence-corrected chi connectivity index (χ2v) is 8.63. The summed E-state index contributed by atoms with van der Waals surface area (Å²) in [5.74, 6) is 0.266. The summed E-state index contributed by atoms with van der Waals surface area (Å²) in [4.78, 5) is 18.6. The number of nitrogens with zero attached hydrogens (tertiary/aromatic N) is 2. The van der Waals surface area contributed by atoms with Gasteiger partial charge >= 0.3 is 0 Å². The second kappa shape index (κ2) is 9.61. The molecule has 0 atom stereocenters. The smallest absolute Gasteiger partial charge is 0.226 e. The Morgan fingerprint density at radius 3 is 2.23 bits per heavy atom. The number of para-hydroxylation sites is 1. The molecule has 0 bridgehead atoms. The Kier molecular flexibility index (Phi) is 6.68. The summed E-state index contributed by atoms with van der Waals surface area (Å²) in [6.07, 6.45) is 3.01. The number of hydrogen-bond donors (Lipinski definition) is 1. The Hall–Kier alpha value is -2.40. The molecule has 4 rings (SSSR count). The third-order valence-electron chi connectivity index (χ3n) is 6.71. The van der Waals surface area contributed by atoms with Gasteiger partial charge in [0.1, 0.15) is 12.4 Å². The third-order valence-corrected chi connectivity index (χ3v) is 6.71. The number of benzene rings is 2. The summed E-state index contributed by atoms with van der Waals surface area (Å²) in [6.45, 7) is 8.11. The maximum Gasteiger partial charge on any atom is 0.226 e. The lowest BCUT2D eigenvalue weighted by Crippen LogP contribution is -3.11. The average molecular weight is 411 g/mol. The Morgan fingerprint density at radius 1 is 0.967 bits per heavy atom. The van der Waals surface area contributed by atoms with Gasteiger partial charge in [-0.05, 0) is 24.1 Å². The number of rotatable bonds is 5. The summed E-state index contributed by atoms with van der Waals surface area (Å²) in [5, 5.41) is 0. The Bertz CT molecular complexity index is 838. The molecule has 0 aliphatic carbocycles. The first-order chi connectivity index (χ1) is 14.6. The van der Waals surface area contributed by atoms with E-state index in [1.165, 1.54) is 17.2 Å². The molecular formula is C25H33FN3O+. The monoisotopic (exact) mass is 410 g/mol. The van der Waals surface area contributed by atoms with Crippen molar-refractivity contribution in [3.63, 3.8) is 0 Å². The molecule has 2 heterocycles. The molecule has 160 valence electrons. The van der Waals surface area contributed by atoms with Crippen molar-refractivity contribution >= 4 is 11.6 Å². The van der Waals surface area contributed by atoms with E-state index in [2.05, 4.69) is 36.1 Å². The number of hydrogen-bond acceptors (Lipinski definition) is 2. The first kappa shape index (κ1) is 20.9. The first-order valence-corrected chi connectivity index (χ1v) is 11.3. The van der Waals surface area contributed by atoms with Gasteiger partial charge in [-0.3, -0.25) is 4.79 Å². The van der Waals surface area contributed by atoms with E-state index in [4.69, 9.17) is 0 Å². The van der Waals surface area contributed by atoms with E-state index in [1.54, 1.807) is 11.0 Å². The molecule has 0 unspecified atom stereocenters. The van der Waals surface area contributed by atoms with E-state index in [0.717, 1.165) is 38.9 Å². The lowest BCUT2D eigenvalue weighted by atomic mass is 9.94. The minimum absolute atomic E-state index is 0.149. The van der Waals surface area contributed by atoms with Crippen molar-refractivity contribution in [1.29, 1.82) is 0 Å². The van der Waals surface area contributed by atoms with Crippen LogP contribution in [0.25, 0.3) is 0 Å². The molecule has 2 aliphatic rings. The molecule has 2 aromatic carbocycles. The number of amides is 1. The zero-order valence-corrected chi connectivity index (χ0v) is 17.9. The summed E-state index contributed by atoms with van der Waals surface area (Å²) in [6, 6.07) is 15.9. The van der Waals surface area contributed by atoms with Gasteiger partial charge in [-0.1, -0.05) is 43.3 Å². The number of anilines is 1. The first-order valence-electron chi connectivity index (χ1n) is 11.3. The molecule has 2 saturated heterocycles. The fraction of sp³-hybridized carbons (Fsp3) is 0.480. The number of piperazine rings is 1. The number of carbonyl (C=O) groups excluding carboxylic acids is 1. The summed E-state index contributed by atoms with van der Waals surface area (Å²) < 4.78 is 14.0. The van der Waals surface area contributed by atoms with E-state index in [-0.39, 0.29) is 11.7 Å². The van der Waals surface area contributed by atoms with Crippen molar-refractivity contribution in [2.24, 2.45) is 5.92 Å². The second-order valence-electron chi connectivity index (χ2n) is 8.63. The number of halogens is 1. The van der Waals surface area contributed by atoms with Crippen LogP contribution in [0, 0.1) is 11.7 Å². The van der Waals surface area contributed by atoms with Crippen LogP contribution in [0.4, 0.5) is 10.1 Å². The van der Waals surface area contributed by atoms with Crippen molar-refractivity contribution in [3.8, 4) is 0 Å². The van der Waals surface area contributed by atoms with E-state index in [0.29, 0.717) is 37.8 Å². The van der Waals surface area contributed by atoms with E-state index < -0.39 is 0 Å². The lowest BCUT2D eigenvalue weighted by Gasteiger charge is -2.38. The third kappa shape index (κ3) is 4.84. The van der Waals surface area contributed by atoms with Gasteiger partial charge in [-0.15, -0.1) is 0 Å². The number of carbonyl (C=O) groups is 1. The van der Waals surface area contributed by atoms with E-state index >= 15 is 0 Å². The number of aryl methyl sites for hydroxylation is 1. The SMILES string of the molecule is CCc1ccc(C[NH+]2CCC(C(=O)N3CCN(c4ccccc4F)CC3)CC2)cc1. The minimum Gasteiger partial charge on any atom is -0.366 e. The highest BCUT2D eigenvalue weighted by Gasteiger charge is 2.32. The van der Waals surface area contributed by atoms with Gasteiger partial charge in [-0.25, -0.2) is 4.39 Å². The molecule has 1 N–H and O–H groups in total. The molecule has 5 heteroatoms. The van der Waals surface area contributed by atoms with Crippen LogP contribution >= 0.6 is 0 Å². The maximum atomic E-state index is 14.0. The van der Waals surface area contributed by atoms with Gasteiger partial charge < -0.3 is 14.7 Å². The zero-order chi connectivity index (χ0) is 20.9. The summed E-state index contributed by atoms with van der Waals surface area (Å²) in [5.41, 5.74) is 3.41. The fourth-order valence-corrected chi connectivity index (χ4v) is 4.77. The van der Waals surface area contributed by atoms with Crippen molar-refractivity contribution in [2.45, 2.75) is 32.7 Å². The van der Waals surface area contributed by atoms with Crippen LogP contribution < -0.4 is 9.80 Å². The van der Waals surface area contributed by atoms with Gasteiger partial charge in [0, 0.05) is 50.5 Å². The molecule has 0 aromatic heterocycles. The van der Waals surface area contributed by atoms with Crippen LogP contribution in [-0.4, -0.2) is 50.1 Å². The molecular weight excluding hydrogens is 377 g/mol. The van der Waals surface area contributed by atoms with E-state index in [1.807, 2.05) is 17.0 Å². The van der Waals surface area contributed by atoms with Crippen molar-refractivity contribution in [3.05, 3.63) is 65.5 Å². The number of likely N-dealkylation sites (tertiary alicyclic amines) is 1. The quantitative estimate of drug-likeness (QED) is 0.821. The molecule has 30 heavy (non-hydrogen) atoms. The molecule has 2 aromatic rings. The lowest BCUT2D eigenvalue weighted by molar-refractivity contribution is -0.919. The van der Waals surface area contributed by atoms with Crippen molar-refractivity contribution in [2.75, 3.05) is 44.2 Å². The zero-order valence-electron chi connectivity index (χ0n) is 17.9. The van der Waals surface area contributed by atoms with Crippen LogP contribution in [0.15, 0.2) is 48.5 Å². The summed E-state index contributed by atoms with van der Waals surface area (Å²) >= 11 is 0. The molecule has 4 nitrogen and oxygen atoms in total. The Morgan fingerprint density at radius 2 is 1.60 bits per heavy atom. The van der Waals surface area contributed by atoms with E-state index in [9.17, 15) is 9.18 Å². The normalized spacial score (nSPS) is 22.2. The molecule has 1 amide bonds. The number of nitrogens with one attached hydrogen (secondary N) is 1. The van der Waals surface area contributed by atoms with Gasteiger partial charge in [0.25, 0.3) is 0 Å². The predicted molar refractivity (Wildman–Crippen MR) is 118 cm³/mol. The van der Waals surface area contributed by atoms with Crippen molar-refractivity contribution < 1.29 is 14.1 Å². The molecule has 0 radical (unpaired) electrons. The molecule has 2 aliphatic heterocycles. The van der Waals surface area contributed by atoms with Crippen LogP contribution in [0.1, 0.15) is 30.9 Å². The van der Waals surface area contributed by atoms with Crippen LogP contribution in [0.5, 0.6) is 0 Å². The minimum atomic E-state index is -0.183. The predicted octanol–water partition coefficient (Wildman–Crippen LogP) is 2.53. The highest BCUT2D eigenvalue weighted by molar-refractivity contribution is 5.79. The van der Waals surface area contributed by atoms with Gasteiger partial charge in [-0.2, -0.15) is 0 Å². The number of quaternary nitrogens is 1. The molecule has 0 saturated carbocycles.